The molecule has 0 unspecified atom stereocenters. The fourth-order valence-electron chi connectivity index (χ4n) is 3.84. The molecule has 4 rings (SSSR count). The molecule has 4 heteroatoms. The van der Waals surface area contributed by atoms with Crippen LogP contribution in [0.2, 0.25) is 0 Å². The number of fused-ring (bicyclic) bond motifs is 1. The Hall–Kier alpha value is -2.46. The Morgan fingerprint density at radius 1 is 0.964 bits per heavy atom. The highest BCUT2D eigenvalue weighted by molar-refractivity contribution is 9.10. The molecule has 0 atom stereocenters. The summed E-state index contributed by atoms with van der Waals surface area (Å²) >= 11 is 3.49. The number of nitrogens with zero attached hydrogens (tertiary/aromatic N) is 1. The molecule has 0 amide bonds. The van der Waals surface area contributed by atoms with E-state index in [2.05, 4.69) is 29.8 Å². The van der Waals surface area contributed by atoms with Gasteiger partial charge in [0.25, 0.3) is 0 Å². The number of halogens is 1. The molecule has 1 aromatic heterocycles. The normalized spacial score (nSPS) is 15.2. The number of carbonyl (C=O) groups is 1. The molecular formula is C24H22BrNO2. The summed E-state index contributed by atoms with van der Waals surface area (Å²) in [5.41, 5.74) is 5.48. The summed E-state index contributed by atoms with van der Waals surface area (Å²) in [4.78, 5) is 17.9. The molecule has 0 aliphatic heterocycles. The van der Waals surface area contributed by atoms with E-state index in [1.807, 2.05) is 54.6 Å². The highest BCUT2D eigenvalue weighted by Gasteiger charge is 2.34. The Morgan fingerprint density at radius 2 is 1.61 bits per heavy atom. The monoisotopic (exact) mass is 435 g/mol. The third-order valence-corrected chi connectivity index (χ3v) is 5.73. The fraction of sp³-hybridized carbons (Fsp3) is 0.250. The molecule has 1 aliphatic rings. The minimum atomic E-state index is -0.0768. The Balaban J connectivity index is 1.92. The molecule has 0 saturated carbocycles. The summed E-state index contributed by atoms with van der Waals surface area (Å²) in [5, 5.41) is 0. The van der Waals surface area contributed by atoms with Crippen LogP contribution in [-0.4, -0.2) is 17.9 Å². The predicted octanol–water partition coefficient (Wildman–Crippen LogP) is 6.34. The first-order valence-electron chi connectivity index (χ1n) is 9.34. The second kappa shape index (κ2) is 7.17. The van der Waals surface area contributed by atoms with E-state index in [0.717, 1.165) is 50.3 Å². The Kier molecular flexibility index (Phi) is 4.84. The van der Waals surface area contributed by atoms with Crippen molar-refractivity contribution >= 4 is 21.7 Å². The van der Waals surface area contributed by atoms with Crippen molar-refractivity contribution in [3.8, 4) is 28.1 Å². The molecule has 1 heterocycles. The number of ketones is 1. The van der Waals surface area contributed by atoms with E-state index in [1.54, 1.807) is 7.11 Å². The average Bonchev–Trinajstić information content (AvgIpc) is 2.66. The van der Waals surface area contributed by atoms with Gasteiger partial charge in [-0.15, -0.1) is 0 Å². The molecule has 0 saturated heterocycles. The first kappa shape index (κ1) is 18.9. The maximum absolute atomic E-state index is 13.0. The highest BCUT2D eigenvalue weighted by Crippen LogP contribution is 2.40. The maximum Gasteiger partial charge on any atom is 0.165 e. The topological polar surface area (TPSA) is 39.2 Å². The van der Waals surface area contributed by atoms with Crippen LogP contribution in [0, 0.1) is 5.41 Å². The van der Waals surface area contributed by atoms with Gasteiger partial charge < -0.3 is 4.74 Å². The van der Waals surface area contributed by atoms with Crippen LogP contribution >= 0.6 is 15.9 Å². The van der Waals surface area contributed by atoms with Gasteiger partial charge in [0.05, 0.1) is 18.5 Å². The predicted molar refractivity (Wildman–Crippen MR) is 116 cm³/mol. The van der Waals surface area contributed by atoms with Crippen molar-refractivity contribution in [3.05, 3.63) is 70.3 Å². The van der Waals surface area contributed by atoms with Gasteiger partial charge in [-0.3, -0.25) is 9.78 Å². The largest absolute Gasteiger partial charge is 0.497 e. The minimum absolute atomic E-state index is 0.0768. The second-order valence-corrected chi connectivity index (χ2v) is 8.97. The molecule has 3 nitrogen and oxygen atoms in total. The van der Waals surface area contributed by atoms with Gasteiger partial charge in [0.1, 0.15) is 5.75 Å². The first-order chi connectivity index (χ1) is 13.4. The number of pyridine rings is 1. The number of carbonyl (C=O) groups excluding carboxylic acids is 1. The first-order valence-corrected chi connectivity index (χ1v) is 10.1. The van der Waals surface area contributed by atoms with Crippen LogP contribution in [0.4, 0.5) is 0 Å². The zero-order valence-corrected chi connectivity index (χ0v) is 17.8. The Bertz CT molecular complexity index is 1040. The Labute approximate surface area is 173 Å². The van der Waals surface area contributed by atoms with E-state index in [4.69, 9.17) is 9.72 Å². The zero-order valence-electron chi connectivity index (χ0n) is 16.3. The molecule has 0 spiro atoms. The second-order valence-electron chi connectivity index (χ2n) is 8.05. The summed E-state index contributed by atoms with van der Waals surface area (Å²) in [6.45, 7) is 4.27. The van der Waals surface area contributed by atoms with Crippen molar-refractivity contribution in [1.82, 2.24) is 4.98 Å². The van der Waals surface area contributed by atoms with E-state index < -0.39 is 0 Å². The van der Waals surface area contributed by atoms with Crippen molar-refractivity contribution in [2.24, 2.45) is 5.41 Å². The quantitative estimate of drug-likeness (QED) is 0.481. The highest BCUT2D eigenvalue weighted by atomic mass is 79.9. The molecule has 28 heavy (non-hydrogen) atoms. The number of ether oxygens (including phenoxy) is 1. The Morgan fingerprint density at radius 3 is 2.25 bits per heavy atom. The minimum Gasteiger partial charge on any atom is -0.497 e. The molecule has 0 fully saturated rings. The van der Waals surface area contributed by atoms with Crippen molar-refractivity contribution in [2.45, 2.75) is 26.7 Å². The van der Waals surface area contributed by atoms with Gasteiger partial charge in [-0.25, -0.2) is 0 Å². The molecule has 0 bridgehead atoms. The van der Waals surface area contributed by atoms with Crippen molar-refractivity contribution in [3.63, 3.8) is 0 Å². The summed E-state index contributed by atoms with van der Waals surface area (Å²) in [6, 6.07) is 18.0. The molecule has 0 radical (unpaired) electrons. The number of rotatable bonds is 3. The van der Waals surface area contributed by atoms with Gasteiger partial charge in [-0.2, -0.15) is 0 Å². The van der Waals surface area contributed by atoms with Gasteiger partial charge in [-0.05, 0) is 65.4 Å². The maximum atomic E-state index is 13.0. The van der Waals surface area contributed by atoms with Crippen molar-refractivity contribution in [1.29, 1.82) is 0 Å². The average molecular weight is 436 g/mol. The molecule has 0 N–H and O–H groups in total. The SMILES string of the molecule is COc1ccc(-c2cc(-c3ccc(Br)cc3)c3c(n2)CC(C)(C)CC3=O)cc1. The number of hydrogen-bond donors (Lipinski definition) is 0. The van der Waals surface area contributed by atoms with Crippen LogP contribution in [0.5, 0.6) is 5.75 Å². The van der Waals surface area contributed by atoms with Crippen LogP contribution < -0.4 is 4.74 Å². The van der Waals surface area contributed by atoms with Gasteiger partial charge in [0, 0.05) is 22.0 Å². The standard InChI is InChI=1S/C24H22BrNO2/c1-24(2)13-21-23(22(27)14-24)19(15-4-8-17(25)9-5-15)12-20(26-21)16-6-10-18(28-3)11-7-16/h4-12H,13-14H2,1-3H3. The molecule has 1 aliphatic carbocycles. The summed E-state index contributed by atoms with van der Waals surface area (Å²) < 4.78 is 6.29. The molecule has 2 aromatic carbocycles. The lowest BCUT2D eigenvalue weighted by molar-refractivity contribution is 0.0911. The van der Waals surface area contributed by atoms with Crippen LogP contribution in [-0.2, 0) is 6.42 Å². The smallest absolute Gasteiger partial charge is 0.165 e. The lowest BCUT2D eigenvalue weighted by atomic mass is 9.74. The van der Waals surface area contributed by atoms with Crippen LogP contribution in [0.3, 0.4) is 0 Å². The molecule has 142 valence electrons. The summed E-state index contributed by atoms with van der Waals surface area (Å²) in [7, 11) is 1.66. The fourth-order valence-corrected chi connectivity index (χ4v) is 4.11. The lowest BCUT2D eigenvalue weighted by Gasteiger charge is -2.31. The van der Waals surface area contributed by atoms with Crippen LogP contribution in [0.25, 0.3) is 22.4 Å². The number of benzene rings is 2. The van der Waals surface area contributed by atoms with Gasteiger partial charge in [0.15, 0.2) is 5.78 Å². The van der Waals surface area contributed by atoms with E-state index in [0.29, 0.717) is 6.42 Å². The number of aromatic nitrogens is 1. The summed E-state index contributed by atoms with van der Waals surface area (Å²) in [5.74, 6) is 0.990. The van der Waals surface area contributed by atoms with E-state index >= 15 is 0 Å². The van der Waals surface area contributed by atoms with E-state index in [1.165, 1.54) is 0 Å². The van der Waals surface area contributed by atoms with Gasteiger partial charge >= 0.3 is 0 Å². The number of hydrogen-bond acceptors (Lipinski definition) is 3. The lowest BCUT2D eigenvalue weighted by Crippen LogP contribution is -2.28. The van der Waals surface area contributed by atoms with Gasteiger partial charge in [-0.1, -0.05) is 41.9 Å². The third-order valence-electron chi connectivity index (χ3n) is 5.20. The van der Waals surface area contributed by atoms with Crippen molar-refractivity contribution < 1.29 is 9.53 Å². The number of methoxy groups -OCH3 is 1. The molecular weight excluding hydrogens is 414 g/mol. The van der Waals surface area contributed by atoms with Crippen molar-refractivity contribution in [2.75, 3.05) is 7.11 Å². The third kappa shape index (κ3) is 3.61. The van der Waals surface area contributed by atoms with E-state index in [9.17, 15) is 4.79 Å². The van der Waals surface area contributed by atoms with Gasteiger partial charge in [0.2, 0.25) is 0 Å². The van der Waals surface area contributed by atoms with Crippen LogP contribution in [0.1, 0.15) is 36.3 Å². The van der Waals surface area contributed by atoms with E-state index in [-0.39, 0.29) is 11.2 Å². The zero-order chi connectivity index (χ0) is 19.9. The molecule has 3 aromatic rings. The number of Topliss-reactive ketones (excluding diaryl/α,β-unsaturated/α-hetero) is 1. The van der Waals surface area contributed by atoms with Crippen LogP contribution in [0.15, 0.2) is 59.1 Å². The summed E-state index contributed by atoms with van der Waals surface area (Å²) in [6.07, 6.45) is 1.34.